The summed E-state index contributed by atoms with van der Waals surface area (Å²) in [5.74, 6) is 0. The number of nitrogens with zero attached hydrogens (tertiary/aromatic N) is 6. The quantitative estimate of drug-likeness (QED) is 0.108. The van der Waals surface area contributed by atoms with Crippen LogP contribution in [0.1, 0.15) is 22.3 Å². The van der Waals surface area contributed by atoms with E-state index in [0.717, 1.165) is 70.8 Å². The molecule has 10 rings (SSSR count). The van der Waals surface area contributed by atoms with E-state index in [9.17, 15) is 0 Å². The van der Waals surface area contributed by atoms with Crippen LogP contribution in [0.3, 0.4) is 0 Å². The normalized spacial score (nSPS) is 11.0. The van der Waals surface area contributed by atoms with Crippen LogP contribution in [-0.2, 0) is 45.8 Å². The van der Waals surface area contributed by atoms with Gasteiger partial charge < -0.3 is 9.55 Å². The van der Waals surface area contributed by atoms with Crippen molar-refractivity contribution in [1.82, 2.24) is 29.1 Å². The van der Waals surface area contributed by atoms with Crippen LogP contribution in [0, 0.1) is 18.2 Å². The van der Waals surface area contributed by atoms with Gasteiger partial charge in [-0.1, -0.05) is 91.2 Å². The smallest absolute Gasteiger partial charge is 0.357 e. The monoisotopic (exact) mass is 978 g/mol. The zero-order valence-electron chi connectivity index (χ0n) is 33.9. The number of hydrogen-bond acceptors (Lipinski definition) is 3. The zero-order valence-corrected chi connectivity index (χ0v) is 36.3. The Labute approximate surface area is 376 Å². The molecular formula is C55H41IrN6. The van der Waals surface area contributed by atoms with Crippen molar-refractivity contribution in [2.45, 2.75) is 25.7 Å². The Kier molecular flexibility index (Phi) is 12.1. The number of aromatic nitrogens is 6. The van der Waals surface area contributed by atoms with Gasteiger partial charge in [0.25, 0.3) is 0 Å². The van der Waals surface area contributed by atoms with Crippen LogP contribution >= 0.6 is 0 Å². The maximum atomic E-state index is 4.68. The summed E-state index contributed by atoms with van der Waals surface area (Å²) in [6.45, 7) is 0. The van der Waals surface area contributed by atoms with Crippen LogP contribution in [-0.4, -0.2) is 29.1 Å². The molecule has 10 aromatic rings. The molecule has 0 spiro atoms. The minimum Gasteiger partial charge on any atom is -0.357 e. The number of aryl methyl sites for hydroxylation is 4. The molecule has 0 atom stereocenters. The zero-order chi connectivity index (χ0) is 40.8. The van der Waals surface area contributed by atoms with Crippen molar-refractivity contribution >= 4 is 0 Å². The van der Waals surface area contributed by atoms with Crippen LogP contribution in [0.2, 0.25) is 0 Å². The third-order valence-corrected chi connectivity index (χ3v) is 11.2. The Balaban J connectivity index is 0.00000490. The van der Waals surface area contributed by atoms with Gasteiger partial charge >= 0.3 is 20.1 Å². The molecule has 0 aliphatic heterocycles. The second-order valence-corrected chi connectivity index (χ2v) is 15.2. The maximum absolute atomic E-state index is 4.68. The molecule has 0 unspecified atom stereocenters. The fraction of sp³-hybridized carbons (Fsp3) is 0.0727. The molecule has 0 saturated heterocycles. The van der Waals surface area contributed by atoms with Gasteiger partial charge in [0.2, 0.25) is 0 Å². The van der Waals surface area contributed by atoms with Gasteiger partial charge in [0, 0.05) is 36.7 Å². The Morgan fingerprint density at radius 3 is 1.63 bits per heavy atom. The second kappa shape index (κ2) is 18.6. The van der Waals surface area contributed by atoms with Gasteiger partial charge in [-0.25, -0.2) is 0 Å². The number of hydrogen-bond donors (Lipinski definition) is 0. The molecule has 7 heteroatoms. The molecule has 4 heterocycles. The Morgan fingerprint density at radius 2 is 1.05 bits per heavy atom. The summed E-state index contributed by atoms with van der Waals surface area (Å²) in [6, 6.07) is 68.3. The fourth-order valence-electron chi connectivity index (χ4n) is 7.98. The molecule has 0 N–H and O–H groups in total. The first-order chi connectivity index (χ1) is 30.2. The first-order valence-corrected chi connectivity index (χ1v) is 20.7. The third kappa shape index (κ3) is 8.96. The summed E-state index contributed by atoms with van der Waals surface area (Å²) in [6.07, 6.45) is 15.1. The van der Waals surface area contributed by atoms with Gasteiger partial charge in [0.05, 0.1) is 0 Å². The SMILES string of the molecule is [Ir+3].[c-]1cc(-n2cccc2-c2cc(CCc3c[c-]c(-n4cccn4)cc3)cc(CCc3c[c-]c(-n4cccn4)cc3)c2)c(-c2ccc(-c3ccccc3)cc2)cc1-c1ccccn1. The predicted octanol–water partition coefficient (Wildman–Crippen LogP) is 11.9. The summed E-state index contributed by atoms with van der Waals surface area (Å²) in [5, 5.41) is 8.73. The summed E-state index contributed by atoms with van der Waals surface area (Å²) in [7, 11) is 0. The van der Waals surface area contributed by atoms with Gasteiger partial charge in [0.15, 0.2) is 0 Å². The molecule has 6 aromatic carbocycles. The second-order valence-electron chi connectivity index (χ2n) is 15.2. The van der Waals surface area contributed by atoms with Crippen LogP contribution in [0.5, 0.6) is 0 Å². The molecular weight excluding hydrogens is 937 g/mol. The Bertz CT molecular complexity index is 2870. The van der Waals surface area contributed by atoms with E-state index in [1.807, 2.05) is 58.3 Å². The minimum atomic E-state index is 0. The summed E-state index contributed by atoms with van der Waals surface area (Å²) < 4.78 is 5.99. The molecule has 0 amide bonds. The van der Waals surface area contributed by atoms with Gasteiger partial charge in [-0.2, -0.15) is 57.7 Å². The standard InChI is InChI=1S/C55H41N6.Ir/c1-2-9-45(10-3-1)46-21-23-47(24-22-46)52-40-48(53-11-4-5-31-56-53)25-30-55(52)59-34-6-12-54(59)49-38-43(15-13-41-17-26-50(27-18-41)60-35-7-32-57-60)37-44(39-49)16-14-42-19-28-51(29-20-42)61-36-8-33-58-61;/h1-12,17-24,26,28,30-40H,13-16H2;/q-3;+3. The largest absolute Gasteiger partial charge is 3.00 e. The first kappa shape index (κ1) is 40.2. The molecule has 4 aromatic heterocycles. The van der Waals surface area contributed by atoms with E-state index in [1.165, 1.54) is 38.9 Å². The van der Waals surface area contributed by atoms with Crippen molar-refractivity contribution in [1.29, 1.82) is 0 Å². The van der Waals surface area contributed by atoms with E-state index < -0.39 is 0 Å². The molecule has 0 radical (unpaired) electrons. The maximum Gasteiger partial charge on any atom is 3.00 e. The molecule has 0 aliphatic rings. The summed E-state index contributed by atoms with van der Waals surface area (Å²) >= 11 is 0. The van der Waals surface area contributed by atoms with Crippen LogP contribution < -0.4 is 0 Å². The van der Waals surface area contributed by atoms with Crippen LogP contribution in [0.4, 0.5) is 0 Å². The minimum absolute atomic E-state index is 0. The van der Waals surface area contributed by atoms with E-state index >= 15 is 0 Å². The number of pyridine rings is 1. The van der Waals surface area contributed by atoms with Gasteiger partial charge in [0.1, 0.15) is 0 Å². The van der Waals surface area contributed by atoms with Gasteiger partial charge in [-0.05, 0) is 118 Å². The average molecular weight is 978 g/mol. The molecule has 0 fully saturated rings. The predicted molar refractivity (Wildman–Crippen MR) is 244 cm³/mol. The number of rotatable bonds is 13. The van der Waals surface area contributed by atoms with Crippen LogP contribution in [0.15, 0.2) is 201 Å². The Morgan fingerprint density at radius 1 is 0.435 bits per heavy atom. The first-order valence-electron chi connectivity index (χ1n) is 20.7. The van der Waals surface area contributed by atoms with Crippen molar-refractivity contribution in [2.24, 2.45) is 0 Å². The van der Waals surface area contributed by atoms with Crippen molar-refractivity contribution in [3.05, 3.63) is 241 Å². The molecule has 0 aliphatic carbocycles. The van der Waals surface area contributed by atoms with E-state index in [4.69, 9.17) is 0 Å². The van der Waals surface area contributed by atoms with Crippen molar-refractivity contribution in [3.63, 3.8) is 0 Å². The molecule has 300 valence electrons. The van der Waals surface area contributed by atoms with Crippen molar-refractivity contribution in [3.8, 4) is 61.8 Å². The van der Waals surface area contributed by atoms with E-state index in [-0.39, 0.29) is 20.1 Å². The average Bonchev–Trinajstić information content (AvgIpc) is 4.16. The topological polar surface area (TPSA) is 53.5 Å². The van der Waals surface area contributed by atoms with Gasteiger partial charge in [-0.3, -0.25) is 9.36 Å². The van der Waals surface area contributed by atoms with Gasteiger partial charge in [-0.15, -0.1) is 35.9 Å². The van der Waals surface area contributed by atoms with Crippen molar-refractivity contribution in [2.75, 3.05) is 0 Å². The molecule has 0 bridgehead atoms. The fourth-order valence-corrected chi connectivity index (χ4v) is 7.98. The Hall–Kier alpha value is -7.18. The van der Waals surface area contributed by atoms with Crippen LogP contribution in [0.25, 0.3) is 61.8 Å². The van der Waals surface area contributed by atoms with Crippen molar-refractivity contribution < 1.29 is 20.1 Å². The third-order valence-electron chi connectivity index (χ3n) is 11.2. The molecule has 6 nitrogen and oxygen atoms in total. The molecule has 62 heavy (non-hydrogen) atoms. The number of benzene rings is 6. The van der Waals surface area contributed by atoms with E-state index in [2.05, 4.69) is 178 Å². The summed E-state index contributed by atoms with van der Waals surface area (Å²) in [4.78, 5) is 4.68. The van der Waals surface area contributed by atoms with E-state index in [1.54, 1.807) is 12.4 Å². The summed E-state index contributed by atoms with van der Waals surface area (Å²) in [5.41, 5.74) is 16.8. The van der Waals surface area contributed by atoms with E-state index in [0.29, 0.717) is 0 Å². The molecule has 0 saturated carbocycles.